The molecule has 0 saturated carbocycles. The van der Waals surface area contributed by atoms with Crippen LogP contribution in [-0.4, -0.2) is 18.1 Å². The summed E-state index contributed by atoms with van der Waals surface area (Å²) in [6.45, 7) is 3.56. The van der Waals surface area contributed by atoms with E-state index in [1.54, 1.807) is 18.2 Å². The molecule has 1 atom stereocenters. The highest BCUT2D eigenvalue weighted by molar-refractivity contribution is 5.46. The molecular formula is C16H19F2N3. The minimum absolute atomic E-state index is 0.248. The number of anilines is 1. The molecule has 2 aromatic rings. The van der Waals surface area contributed by atoms with Gasteiger partial charge in [-0.25, -0.2) is 8.78 Å². The summed E-state index contributed by atoms with van der Waals surface area (Å²) in [6, 6.07) is 9.11. The van der Waals surface area contributed by atoms with E-state index in [0.29, 0.717) is 12.1 Å². The minimum Gasteiger partial charge on any atom is -0.372 e. The number of benzene rings is 1. The van der Waals surface area contributed by atoms with E-state index >= 15 is 0 Å². The van der Waals surface area contributed by atoms with Crippen molar-refractivity contribution in [1.29, 1.82) is 0 Å². The van der Waals surface area contributed by atoms with Gasteiger partial charge in [0.25, 0.3) is 0 Å². The highest BCUT2D eigenvalue weighted by Gasteiger charge is 2.11. The molecule has 21 heavy (non-hydrogen) atoms. The lowest BCUT2D eigenvalue weighted by Crippen LogP contribution is -2.27. The Morgan fingerprint density at radius 1 is 1.10 bits per heavy atom. The van der Waals surface area contributed by atoms with Crippen molar-refractivity contribution in [2.45, 2.75) is 19.4 Å². The third-order valence-corrected chi connectivity index (χ3v) is 3.41. The Bertz CT molecular complexity index is 555. The van der Waals surface area contributed by atoms with Gasteiger partial charge in [0.15, 0.2) is 0 Å². The highest BCUT2D eigenvalue weighted by atomic mass is 19.1. The van der Waals surface area contributed by atoms with E-state index in [-0.39, 0.29) is 17.7 Å². The van der Waals surface area contributed by atoms with E-state index in [1.807, 2.05) is 6.92 Å². The van der Waals surface area contributed by atoms with E-state index in [9.17, 15) is 8.78 Å². The molecule has 1 heterocycles. The van der Waals surface area contributed by atoms with E-state index in [1.165, 1.54) is 24.4 Å². The smallest absolute Gasteiger partial charge is 0.141 e. The Labute approximate surface area is 123 Å². The second kappa shape index (κ2) is 7.13. The summed E-state index contributed by atoms with van der Waals surface area (Å²) in [5.74, 6) is -0.616. The quantitative estimate of drug-likeness (QED) is 0.888. The molecule has 1 aromatic heterocycles. The van der Waals surface area contributed by atoms with Gasteiger partial charge in [0, 0.05) is 24.8 Å². The Kier molecular flexibility index (Phi) is 5.22. The van der Waals surface area contributed by atoms with Gasteiger partial charge >= 0.3 is 0 Å². The van der Waals surface area contributed by atoms with Gasteiger partial charge in [0.1, 0.15) is 11.6 Å². The van der Waals surface area contributed by atoms with Crippen LogP contribution in [0.5, 0.6) is 0 Å². The second-order valence-electron chi connectivity index (χ2n) is 4.85. The van der Waals surface area contributed by atoms with E-state index in [0.717, 1.165) is 18.8 Å². The van der Waals surface area contributed by atoms with Crippen molar-refractivity contribution in [1.82, 2.24) is 4.98 Å². The molecule has 0 aliphatic carbocycles. The zero-order valence-electron chi connectivity index (χ0n) is 12.0. The predicted octanol–water partition coefficient (Wildman–Crippen LogP) is 3.28. The zero-order valence-corrected chi connectivity index (χ0v) is 12.0. The van der Waals surface area contributed by atoms with E-state index in [4.69, 9.17) is 5.73 Å². The van der Waals surface area contributed by atoms with E-state index in [2.05, 4.69) is 9.88 Å². The summed E-state index contributed by atoms with van der Waals surface area (Å²) in [5.41, 5.74) is 7.71. The molecule has 1 unspecified atom stereocenters. The molecule has 0 radical (unpaired) electrons. The SMILES string of the molecule is CCN(CCC(N)c1ccc(F)cn1)c1ccc(F)cc1. The lowest BCUT2D eigenvalue weighted by atomic mass is 10.1. The van der Waals surface area contributed by atoms with Gasteiger partial charge in [-0.05, 0) is 49.7 Å². The normalized spacial score (nSPS) is 12.2. The van der Waals surface area contributed by atoms with Crippen molar-refractivity contribution >= 4 is 5.69 Å². The average molecular weight is 291 g/mol. The monoisotopic (exact) mass is 291 g/mol. The van der Waals surface area contributed by atoms with Crippen molar-refractivity contribution in [3.8, 4) is 0 Å². The van der Waals surface area contributed by atoms with Crippen LogP contribution in [0, 0.1) is 11.6 Å². The molecule has 0 aliphatic rings. The summed E-state index contributed by atoms with van der Waals surface area (Å²) in [5, 5.41) is 0. The van der Waals surface area contributed by atoms with Gasteiger partial charge in [-0.1, -0.05) is 0 Å². The summed E-state index contributed by atoms with van der Waals surface area (Å²) < 4.78 is 25.8. The first-order valence-electron chi connectivity index (χ1n) is 6.97. The fourth-order valence-electron chi connectivity index (χ4n) is 2.17. The van der Waals surface area contributed by atoms with Crippen LogP contribution in [0.3, 0.4) is 0 Å². The van der Waals surface area contributed by atoms with Gasteiger partial charge in [-0.2, -0.15) is 0 Å². The number of rotatable bonds is 6. The van der Waals surface area contributed by atoms with Crippen molar-refractivity contribution in [2.75, 3.05) is 18.0 Å². The fraction of sp³-hybridized carbons (Fsp3) is 0.312. The number of aromatic nitrogens is 1. The van der Waals surface area contributed by atoms with Gasteiger partial charge in [-0.3, -0.25) is 4.98 Å². The lowest BCUT2D eigenvalue weighted by molar-refractivity contribution is 0.595. The van der Waals surface area contributed by atoms with Crippen LogP contribution in [0.1, 0.15) is 25.1 Å². The Hall–Kier alpha value is -2.01. The molecule has 5 heteroatoms. The molecule has 0 fully saturated rings. The number of hydrogen-bond acceptors (Lipinski definition) is 3. The highest BCUT2D eigenvalue weighted by Crippen LogP contribution is 2.18. The molecule has 0 amide bonds. The molecular weight excluding hydrogens is 272 g/mol. The summed E-state index contributed by atoms with van der Waals surface area (Å²) >= 11 is 0. The first-order valence-corrected chi connectivity index (χ1v) is 6.97. The topological polar surface area (TPSA) is 42.1 Å². The molecule has 0 saturated heterocycles. The number of hydrogen-bond donors (Lipinski definition) is 1. The molecule has 2 rings (SSSR count). The van der Waals surface area contributed by atoms with Crippen LogP contribution >= 0.6 is 0 Å². The number of halogens is 2. The molecule has 0 aliphatic heterocycles. The van der Waals surface area contributed by atoms with Crippen LogP contribution in [0.25, 0.3) is 0 Å². The Morgan fingerprint density at radius 3 is 2.33 bits per heavy atom. The minimum atomic E-state index is -0.368. The zero-order chi connectivity index (χ0) is 15.2. The number of nitrogens with two attached hydrogens (primary N) is 1. The average Bonchev–Trinajstić information content (AvgIpc) is 2.50. The van der Waals surface area contributed by atoms with Crippen molar-refractivity contribution in [3.63, 3.8) is 0 Å². The van der Waals surface area contributed by atoms with Crippen LogP contribution in [0.4, 0.5) is 14.5 Å². The van der Waals surface area contributed by atoms with Gasteiger partial charge in [-0.15, -0.1) is 0 Å². The van der Waals surface area contributed by atoms with Gasteiger partial charge in [0.2, 0.25) is 0 Å². The van der Waals surface area contributed by atoms with Crippen LogP contribution < -0.4 is 10.6 Å². The number of nitrogens with zero attached hydrogens (tertiary/aromatic N) is 2. The lowest BCUT2D eigenvalue weighted by Gasteiger charge is -2.24. The summed E-state index contributed by atoms with van der Waals surface area (Å²) in [7, 11) is 0. The molecule has 0 spiro atoms. The maximum atomic E-state index is 12.9. The van der Waals surface area contributed by atoms with Crippen molar-refractivity contribution < 1.29 is 8.78 Å². The first kappa shape index (κ1) is 15.4. The van der Waals surface area contributed by atoms with Crippen LogP contribution in [0.15, 0.2) is 42.6 Å². The maximum absolute atomic E-state index is 12.9. The third kappa shape index (κ3) is 4.23. The summed E-state index contributed by atoms with van der Waals surface area (Å²) in [6.07, 6.45) is 1.86. The number of pyridine rings is 1. The largest absolute Gasteiger partial charge is 0.372 e. The van der Waals surface area contributed by atoms with Crippen LogP contribution in [-0.2, 0) is 0 Å². The van der Waals surface area contributed by atoms with Crippen LogP contribution in [0.2, 0.25) is 0 Å². The molecule has 112 valence electrons. The van der Waals surface area contributed by atoms with E-state index < -0.39 is 0 Å². The maximum Gasteiger partial charge on any atom is 0.141 e. The van der Waals surface area contributed by atoms with Crippen molar-refractivity contribution in [3.05, 3.63) is 59.9 Å². The molecule has 2 N–H and O–H groups in total. The molecule has 0 bridgehead atoms. The molecule has 3 nitrogen and oxygen atoms in total. The fourth-order valence-corrected chi connectivity index (χ4v) is 2.17. The Balaban J connectivity index is 1.96. The summed E-state index contributed by atoms with van der Waals surface area (Å²) in [4.78, 5) is 6.11. The standard InChI is InChI=1S/C16H19F2N3/c1-2-21(14-6-3-12(17)4-7-14)10-9-15(19)16-8-5-13(18)11-20-16/h3-8,11,15H,2,9-10,19H2,1H3. The van der Waals surface area contributed by atoms with Gasteiger partial charge < -0.3 is 10.6 Å². The van der Waals surface area contributed by atoms with Crippen molar-refractivity contribution in [2.24, 2.45) is 5.73 Å². The first-order chi connectivity index (χ1) is 10.1. The predicted molar refractivity (Wildman–Crippen MR) is 80.0 cm³/mol. The molecule has 1 aromatic carbocycles. The second-order valence-corrected chi connectivity index (χ2v) is 4.85. The third-order valence-electron chi connectivity index (χ3n) is 3.41. The Morgan fingerprint density at radius 2 is 1.76 bits per heavy atom. The van der Waals surface area contributed by atoms with Gasteiger partial charge in [0.05, 0.1) is 11.9 Å².